The van der Waals surface area contributed by atoms with Gasteiger partial charge >= 0.3 is 0 Å². The minimum absolute atomic E-state index is 0.564. The number of ether oxygens (including phenoxy) is 1. The van der Waals surface area contributed by atoms with Gasteiger partial charge in [0.05, 0.1) is 11.0 Å². The monoisotopic (exact) mass is 398 g/mol. The number of piperazine rings is 1. The summed E-state index contributed by atoms with van der Waals surface area (Å²) in [6, 6.07) is 7.04. The smallest absolute Gasteiger partial charge is 0.102 e. The average molecular weight is 399 g/mol. The zero-order chi connectivity index (χ0) is 19.5. The Morgan fingerprint density at radius 2 is 2.21 bits per heavy atom. The molecule has 4 rings (SSSR count). The van der Waals surface area contributed by atoms with Crippen molar-refractivity contribution in [3.8, 4) is 0 Å². The molecule has 1 saturated heterocycles. The van der Waals surface area contributed by atoms with E-state index < -0.39 is 0 Å². The second-order valence-corrected chi connectivity index (χ2v) is 9.00. The van der Waals surface area contributed by atoms with E-state index in [9.17, 15) is 0 Å². The van der Waals surface area contributed by atoms with Gasteiger partial charge in [-0.05, 0) is 51.4 Å². The first-order chi connectivity index (χ1) is 13.7. The maximum absolute atomic E-state index is 5.22. The number of hydrogen-bond acceptors (Lipinski definition) is 6. The van der Waals surface area contributed by atoms with E-state index >= 15 is 0 Å². The molecule has 150 valence electrons. The molecule has 0 saturated carbocycles. The number of unbranched alkanes of at least 4 members (excludes halogenated alkanes) is 1. The fourth-order valence-corrected chi connectivity index (χ4v) is 5.09. The van der Waals surface area contributed by atoms with Crippen molar-refractivity contribution in [2.24, 2.45) is 0 Å². The highest BCUT2D eigenvalue weighted by Gasteiger charge is 2.28. The van der Waals surface area contributed by atoms with E-state index in [-0.39, 0.29) is 0 Å². The third-order valence-corrected chi connectivity index (χ3v) is 6.74. The average Bonchev–Trinajstić information content (AvgIpc) is 2.99. The number of likely N-dealkylation sites (N-methyl/N-ethyl adjacent to an activating group) is 1. The molecule has 4 heterocycles. The van der Waals surface area contributed by atoms with Gasteiger partial charge in [-0.3, -0.25) is 9.88 Å². The van der Waals surface area contributed by atoms with Crippen molar-refractivity contribution in [2.45, 2.75) is 32.2 Å². The van der Waals surface area contributed by atoms with Crippen molar-refractivity contribution >= 4 is 28.2 Å². The van der Waals surface area contributed by atoms with Crippen LogP contribution < -0.4 is 15.9 Å². The molecule has 1 N–H and O–H groups in total. The molecule has 0 aliphatic carbocycles. The maximum Gasteiger partial charge on any atom is 0.102 e. The van der Waals surface area contributed by atoms with Gasteiger partial charge in [0.15, 0.2) is 0 Å². The molecule has 1 fully saturated rings. The lowest BCUT2D eigenvalue weighted by molar-refractivity contribution is 0.121. The number of anilines is 1. The second kappa shape index (κ2) is 8.64. The Morgan fingerprint density at radius 3 is 3.07 bits per heavy atom. The first kappa shape index (κ1) is 19.4. The van der Waals surface area contributed by atoms with Gasteiger partial charge < -0.3 is 15.0 Å². The Kier molecular flexibility index (Phi) is 5.99. The molecule has 1 atom stereocenters. The maximum atomic E-state index is 5.22. The van der Waals surface area contributed by atoms with E-state index in [1.165, 1.54) is 34.0 Å². The third kappa shape index (κ3) is 3.95. The highest BCUT2D eigenvalue weighted by molar-refractivity contribution is 7.16. The van der Waals surface area contributed by atoms with Crippen molar-refractivity contribution in [3.63, 3.8) is 0 Å². The van der Waals surface area contributed by atoms with Crippen molar-refractivity contribution in [3.05, 3.63) is 45.4 Å². The number of rotatable bonds is 6. The summed E-state index contributed by atoms with van der Waals surface area (Å²) in [4.78, 5) is 11.2. The summed E-state index contributed by atoms with van der Waals surface area (Å²) in [7, 11) is 4.05. The SMILES string of the molecule is COCCCCC1CN(C2=c3ncccc3=CNc3sc(C)cc32)CCN1C. The standard InChI is InChI=1S/C22H30N4OS/c1-16-13-19-21(20-17(7-6-9-23-20)14-24-22(19)28-16)26-11-10-25(2)18(15-26)8-4-5-12-27-3/h6-7,9,13-14,18,24H,4-5,8,10-12,15H2,1-3H3. The molecule has 0 bridgehead atoms. The molecule has 1 unspecified atom stereocenters. The number of hydrogen-bond donors (Lipinski definition) is 1. The highest BCUT2D eigenvalue weighted by atomic mass is 32.1. The lowest BCUT2D eigenvalue weighted by Gasteiger charge is -2.41. The lowest BCUT2D eigenvalue weighted by Crippen LogP contribution is -2.52. The van der Waals surface area contributed by atoms with Crippen LogP contribution in [-0.2, 0) is 4.74 Å². The van der Waals surface area contributed by atoms with E-state index in [2.05, 4.69) is 47.4 Å². The predicted molar refractivity (Wildman–Crippen MR) is 117 cm³/mol. The second-order valence-electron chi connectivity index (χ2n) is 7.75. The molecule has 0 spiro atoms. The molecule has 2 aromatic heterocycles. The molecule has 0 radical (unpaired) electrons. The van der Waals surface area contributed by atoms with E-state index in [1.54, 1.807) is 7.11 Å². The summed E-state index contributed by atoms with van der Waals surface area (Å²) in [6.45, 7) is 6.19. The van der Waals surface area contributed by atoms with Crippen LogP contribution in [0.1, 0.15) is 29.7 Å². The van der Waals surface area contributed by atoms with Crippen molar-refractivity contribution in [2.75, 3.05) is 45.7 Å². The number of fused-ring (bicyclic) bond motifs is 2. The minimum Gasteiger partial charge on any atom is -0.385 e. The van der Waals surface area contributed by atoms with E-state index in [0.29, 0.717) is 6.04 Å². The molecule has 2 aliphatic heterocycles. The van der Waals surface area contributed by atoms with Crippen LogP contribution in [0.5, 0.6) is 0 Å². The Morgan fingerprint density at radius 1 is 1.32 bits per heavy atom. The van der Waals surface area contributed by atoms with Crippen LogP contribution in [0, 0.1) is 6.92 Å². The minimum atomic E-state index is 0.564. The van der Waals surface area contributed by atoms with Gasteiger partial charge in [-0.1, -0.05) is 0 Å². The Bertz CT molecular complexity index is 938. The van der Waals surface area contributed by atoms with Gasteiger partial charge in [0.2, 0.25) is 0 Å². The van der Waals surface area contributed by atoms with Crippen molar-refractivity contribution in [1.82, 2.24) is 14.8 Å². The molecule has 2 aromatic rings. The van der Waals surface area contributed by atoms with Gasteiger partial charge in [-0.15, -0.1) is 11.3 Å². The number of aromatic nitrogens is 1. The number of nitrogens with zero attached hydrogens (tertiary/aromatic N) is 3. The van der Waals surface area contributed by atoms with Crippen LogP contribution in [-0.4, -0.2) is 61.2 Å². The number of thiophene rings is 1. The quantitative estimate of drug-likeness (QED) is 0.756. The Labute approximate surface area is 171 Å². The summed E-state index contributed by atoms with van der Waals surface area (Å²) in [5.74, 6) is 0. The van der Waals surface area contributed by atoms with Crippen LogP contribution >= 0.6 is 11.3 Å². The largest absolute Gasteiger partial charge is 0.385 e. The molecular formula is C22H30N4OS. The molecule has 6 heteroatoms. The Hall–Kier alpha value is -1.89. The summed E-state index contributed by atoms with van der Waals surface area (Å²) in [5.41, 5.74) is 2.57. The van der Waals surface area contributed by atoms with Crippen LogP contribution in [0.15, 0.2) is 24.4 Å². The van der Waals surface area contributed by atoms with E-state index in [0.717, 1.165) is 43.2 Å². The Balaban J connectivity index is 1.68. The molecule has 5 nitrogen and oxygen atoms in total. The van der Waals surface area contributed by atoms with E-state index in [4.69, 9.17) is 9.72 Å². The van der Waals surface area contributed by atoms with E-state index in [1.807, 2.05) is 23.6 Å². The van der Waals surface area contributed by atoms with Crippen LogP contribution in [0.25, 0.3) is 11.9 Å². The van der Waals surface area contributed by atoms with Gasteiger partial charge in [0.25, 0.3) is 0 Å². The van der Waals surface area contributed by atoms with Gasteiger partial charge in [0, 0.05) is 67.4 Å². The normalized spacial score (nSPS) is 19.5. The highest BCUT2D eigenvalue weighted by Crippen LogP contribution is 2.35. The summed E-state index contributed by atoms with van der Waals surface area (Å²) in [6.07, 6.45) is 7.56. The predicted octanol–water partition coefficient (Wildman–Crippen LogP) is 2.20. The van der Waals surface area contributed by atoms with Crippen LogP contribution in [0.2, 0.25) is 0 Å². The molecular weight excluding hydrogens is 368 g/mol. The fourth-order valence-electron chi connectivity index (χ4n) is 4.21. The number of methoxy groups -OCH3 is 1. The van der Waals surface area contributed by atoms with Gasteiger partial charge in [-0.2, -0.15) is 0 Å². The zero-order valence-corrected chi connectivity index (χ0v) is 17.9. The third-order valence-electron chi connectivity index (χ3n) is 5.76. The number of nitrogens with one attached hydrogen (secondary N) is 1. The summed E-state index contributed by atoms with van der Waals surface area (Å²) >= 11 is 1.82. The van der Waals surface area contributed by atoms with Gasteiger partial charge in [0.1, 0.15) is 5.00 Å². The van der Waals surface area contributed by atoms with Crippen LogP contribution in [0.3, 0.4) is 0 Å². The topological polar surface area (TPSA) is 40.6 Å². The fraction of sp³-hybridized carbons (Fsp3) is 0.500. The molecule has 0 aromatic carbocycles. The number of pyridine rings is 1. The molecule has 0 amide bonds. The molecule has 28 heavy (non-hydrogen) atoms. The summed E-state index contributed by atoms with van der Waals surface area (Å²) < 4.78 is 5.22. The van der Waals surface area contributed by atoms with Gasteiger partial charge in [-0.25, -0.2) is 0 Å². The summed E-state index contributed by atoms with van der Waals surface area (Å²) in [5, 5.41) is 7.00. The first-order valence-corrected chi connectivity index (χ1v) is 11.0. The lowest BCUT2D eigenvalue weighted by atomic mass is 10.0. The molecule has 2 aliphatic rings. The number of aryl methyl sites for hydroxylation is 1. The first-order valence-electron chi connectivity index (χ1n) is 10.1. The van der Waals surface area contributed by atoms with Crippen molar-refractivity contribution in [1.29, 1.82) is 0 Å². The van der Waals surface area contributed by atoms with Crippen LogP contribution in [0.4, 0.5) is 5.00 Å². The van der Waals surface area contributed by atoms with Crippen molar-refractivity contribution < 1.29 is 4.74 Å². The zero-order valence-electron chi connectivity index (χ0n) is 17.1.